The Hall–Kier alpha value is -1.39. The number of primary amides is 1. The number of carbonyl (C=O) groups is 1. The van der Waals surface area contributed by atoms with Crippen molar-refractivity contribution in [3.05, 3.63) is 35.4 Å². The maximum atomic E-state index is 11.4. The lowest BCUT2D eigenvalue weighted by Crippen LogP contribution is -2.37. The normalized spacial score (nSPS) is 12.7. The van der Waals surface area contributed by atoms with Crippen molar-refractivity contribution >= 4 is 5.91 Å². The minimum atomic E-state index is -0.407. The number of rotatable bonds is 6. The Morgan fingerprint density at radius 1 is 1.35 bits per heavy atom. The molecule has 0 aliphatic rings. The van der Waals surface area contributed by atoms with Crippen molar-refractivity contribution in [2.45, 2.75) is 13.0 Å². The van der Waals surface area contributed by atoms with E-state index < -0.39 is 6.04 Å². The van der Waals surface area contributed by atoms with Gasteiger partial charge in [-0.2, -0.15) is 0 Å². The van der Waals surface area contributed by atoms with Gasteiger partial charge in [0, 0.05) is 13.1 Å². The molecular weight excluding hydrogens is 214 g/mol. The van der Waals surface area contributed by atoms with Crippen LogP contribution in [0.4, 0.5) is 0 Å². The van der Waals surface area contributed by atoms with Gasteiger partial charge in [-0.15, -0.1) is 0 Å². The van der Waals surface area contributed by atoms with Gasteiger partial charge in [0.1, 0.15) is 6.04 Å². The molecule has 0 aliphatic heterocycles. The molecule has 4 nitrogen and oxygen atoms in total. The van der Waals surface area contributed by atoms with Crippen LogP contribution in [0.15, 0.2) is 24.3 Å². The molecule has 0 aliphatic carbocycles. The minimum absolute atomic E-state index is 0.340. The van der Waals surface area contributed by atoms with Crippen LogP contribution in [0.3, 0.4) is 0 Å². The smallest absolute Gasteiger partial charge is 0.239 e. The average Bonchev–Trinajstić information content (AvgIpc) is 2.25. The van der Waals surface area contributed by atoms with Gasteiger partial charge in [-0.1, -0.05) is 29.8 Å². The topological polar surface area (TPSA) is 58.4 Å². The summed E-state index contributed by atoms with van der Waals surface area (Å²) >= 11 is 0. The number of nitrogens with two attached hydrogens (primary N) is 1. The van der Waals surface area contributed by atoms with Crippen LogP contribution >= 0.6 is 0 Å². The van der Waals surface area contributed by atoms with E-state index in [1.807, 2.05) is 45.3 Å². The number of hydrogen-bond acceptors (Lipinski definition) is 3. The van der Waals surface area contributed by atoms with Crippen LogP contribution < -0.4 is 11.1 Å². The van der Waals surface area contributed by atoms with Crippen molar-refractivity contribution in [1.29, 1.82) is 0 Å². The first-order chi connectivity index (χ1) is 8.00. The van der Waals surface area contributed by atoms with Crippen molar-refractivity contribution in [3.8, 4) is 0 Å². The molecule has 1 unspecified atom stereocenters. The van der Waals surface area contributed by atoms with Crippen LogP contribution in [0.25, 0.3) is 0 Å². The van der Waals surface area contributed by atoms with Crippen molar-refractivity contribution in [1.82, 2.24) is 10.2 Å². The van der Waals surface area contributed by atoms with Crippen molar-refractivity contribution < 1.29 is 4.79 Å². The molecule has 1 atom stereocenters. The van der Waals surface area contributed by atoms with Gasteiger partial charge in [0.05, 0.1) is 0 Å². The maximum Gasteiger partial charge on any atom is 0.239 e. The van der Waals surface area contributed by atoms with Gasteiger partial charge in [-0.25, -0.2) is 0 Å². The number of carbonyl (C=O) groups excluding carboxylic acids is 1. The van der Waals surface area contributed by atoms with E-state index in [4.69, 9.17) is 5.73 Å². The summed E-state index contributed by atoms with van der Waals surface area (Å²) in [6.45, 7) is 3.62. The third-order valence-electron chi connectivity index (χ3n) is 2.60. The number of nitrogens with one attached hydrogen (secondary N) is 1. The van der Waals surface area contributed by atoms with Gasteiger partial charge in [0.2, 0.25) is 5.91 Å². The molecule has 3 N–H and O–H groups in total. The summed E-state index contributed by atoms with van der Waals surface area (Å²) in [5.41, 5.74) is 7.50. The Balaban J connectivity index is 2.66. The highest BCUT2D eigenvalue weighted by molar-refractivity contribution is 5.81. The summed E-state index contributed by atoms with van der Waals surface area (Å²) in [7, 11) is 3.99. The summed E-state index contributed by atoms with van der Waals surface area (Å²) in [6.07, 6.45) is 0. The van der Waals surface area contributed by atoms with Crippen LogP contribution in [0.5, 0.6) is 0 Å². The second kappa shape index (κ2) is 6.37. The molecule has 0 saturated heterocycles. The number of nitrogens with zero attached hydrogens (tertiary/aromatic N) is 1. The number of likely N-dealkylation sites (N-methyl/N-ethyl adjacent to an activating group) is 1. The molecular formula is C13H21N3O. The second-order valence-electron chi connectivity index (χ2n) is 4.50. The molecule has 4 heteroatoms. The van der Waals surface area contributed by atoms with Crippen LogP contribution in [0, 0.1) is 6.92 Å². The van der Waals surface area contributed by atoms with Gasteiger partial charge in [0.25, 0.3) is 0 Å². The number of hydrogen-bond donors (Lipinski definition) is 2. The Bertz CT molecular complexity index is 359. The molecule has 0 heterocycles. The monoisotopic (exact) mass is 235 g/mol. The summed E-state index contributed by atoms with van der Waals surface area (Å²) in [5, 5.41) is 3.17. The Morgan fingerprint density at radius 3 is 2.41 bits per heavy atom. The highest BCUT2D eigenvalue weighted by Crippen LogP contribution is 2.13. The molecule has 1 amide bonds. The van der Waals surface area contributed by atoms with Crippen molar-refractivity contribution in [2.75, 3.05) is 27.2 Å². The third kappa shape index (κ3) is 4.54. The third-order valence-corrected chi connectivity index (χ3v) is 2.60. The summed E-state index contributed by atoms with van der Waals surface area (Å²) in [4.78, 5) is 13.5. The molecule has 0 spiro atoms. The second-order valence-corrected chi connectivity index (χ2v) is 4.50. The first kappa shape index (κ1) is 13.7. The number of benzene rings is 1. The van der Waals surface area contributed by atoms with Crippen molar-refractivity contribution in [3.63, 3.8) is 0 Å². The SMILES string of the molecule is Cc1ccc(C(NCCN(C)C)C(N)=O)cc1. The van der Waals surface area contributed by atoms with Crippen LogP contribution in [-0.4, -0.2) is 38.0 Å². The highest BCUT2D eigenvalue weighted by Gasteiger charge is 2.16. The lowest BCUT2D eigenvalue weighted by atomic mass is 10.0. The van der Waals surface area contributed by atoms with E-state index in [2.05, 4.69) is 10.2 Å². The maximum absolute atomic E-state index is 11.4. The largest absolute Gasteiger partial charge is 0.368 e. The lowest BCUT2D eigenvalue weighted by Gasteiger charge is -2.17. The Kier molecular flexibility index (Phi) is 5.12. The molecule has 94 valence electrons. The quantitative estimate of drug-likeness (QED) is 0.762. The zero-order valence-corrected chi connectivity index (χ0v) is 10.7. The van der Waals surface area contributed by atoms with Gasteiger partial charge in [-0.05, 0) is 26.6 Å². The van der Waals surface area contributed by atoms with E-state index in [0.717, 1.165) is 18.7 Å². The van der Waals surface area contributed by atoms with E-state index >= 15 is 0 Å². The molecule has 0 radical (unpaired) electrons. The first-order valence-electron chi connectivity index (χ1n) is 5.74. The van der Waals surface area contributed by atoms with Gasteiger partial charge < -0.3 is 16.0 Å². The van der Waals surface area contributed by atoms with Gasteiger partial charge in [0.15, 0.2) is 0 Å². The van der Waals surface area contributed by atoms with Gasteiger partial charge >= 0.3 is 0 Å². The van der Waals surface area contributed by atoms with Crippen LogP contribution in [-0.2, 0) is 4.79 Å². The zero-order valence-electron chi connectivity index (χ0n) is 10.7. The Morgan fingerprint density at radius 2 is 1.94 bits per heavy atom. The predicted octanol–water partition coefficient (Wildman–Crippen LogP) is 0.673. The molecule has 0 bridgehead atoms. The predicted molar refractivity (Wildman–Crippen MR) is 69.7 cm³/mol. The zero-order chi connectivity index (χ0) is 12.8. The summed E-state index contributed by atoms with van der Waals surface area (Å²) < 4.78 is 0. The van der Waals surface area contributed by atoms with Crippen molar-refractivity contribution in [2.24, 2.45) is 5.73 Å². The molecule has 1 rings (SSSR count). The average molecular weight is 235 g/mol. The lowest BCUT2D eigenvalue weighted by molar-refractivity contribution is -0.120. The van der Waals surface area contributed by atoms with Gasteiger partial charge in [-0.3, -0.25) is 4.79 Å². The molecule has 0 fully saturated rings. The standard InChI is InChI=1S/C13H21N3O/c1-10-4-6-11(7-5-10)12(13(14)17)15-8-9-16(2)3/h4-7,12,15H,8-9H2,1-3H3,(H2,14,17). The van der Waals surface area contributed by atoms with E-state index in [9.17, 15) is 4.79 Å². The molecule has 0 saturated carbocycles. The number of aryl methyl sites for hydroxylation is 1. The number of amides is 1. The highest BCUT2D eigenvalue weighted by atomic mass is 16.1. The molecule has 1 aromatic rings. The fourth-order valence-corrected chi connectivity index (χ4v) is 1.57. The van der Waals surface area contributed by atoms with E-state index in [1.165, 1.54) is 5.56 Å². The van der Waals surface area contributed by atoms with Crippen LogP contribution in [0.1, 0.15) is 17.2 Å². The fraction of sp³-hybridized carbons (Fsp3) is 0.462. The first-order valence-corrected chi connectivity index (χ1v) is 5.74. The summed E-state index contributed by atoms with van der Waals surface area (Å²) in [6, 6.07) is 7.44. The van der Waals surface area contributed by atoms with E-state index in [-0.39, 0.29) is 5.91 Å². The molecule has 17 heavy (non-hydrogen) atoms. The Labute approximate surface area is 103 Å². The molecule has 0 aromatic heterocycles. The molecule has 1 aromatic carbocycles. The van der Waals surface area contributed by atoms with E-state index in [1.54, 1.807) is 0 Å². The van der Waals surface area contributed by atoms with E-state index in [0.29, 0.717) is 0 Å². The van der Waals surface area contributed by atoms with Crippen LogP contribution in [0.2, 0.25) is 0 Å². The fourth-order valence-electron chi connectivity index (χ4n) is 1.57. The summed E-state index contributed by atoms with van der Waals surface area (Å²) in [5.74, 6) is -0.340. The minimum Gasteiger partial charge on any atom is -0.368 e.